The number of hydrogen-bond acceptors (Lipinski definition) is 3. The van der Waals surface area contributed by atoms with Gasteiger partial charge in [0, 0.05) is 12.5 Å². The molecular formula is C13H12O3. The van der Waals surface area contributed by atoms with Crippen molar-refractivity contribution in [1.29, 1.82) is 0 Å². The van der Waals surface area contributed by atoms with E-state index in [1.54, 1.807) is 13.2 Å². The summed E-state index contributed by atoms with van der Waals surface area (Å²) in [5.74, 6) is 0.976. The summed E-state index contributed by atoms with van der Waals surface area (Å²) in [4.78, 5) is 10.9. The van der Waals surface area contributed by atoms with Crippen LogP contribution in [0.3, 0.4) is 0 Å². The van der Waals surface area contributed by atoms with Crippen molar-refractivity contribution >= 4 is 5.97 Å². The van der Waals surface area contributed by atoms with E-state index in [0.29, 0.717) is 5.75 Å². The van der Waals surface area contributed by atoms with Crippen LogP contribution in [0, 0.1) is 0 Å². The van der Waals surface area contributed by atoms with Crippen LogP contribution >= 0.6 is 0 Å². The molecule has 3 heteroatoms. The number of hydrogen-bond donors (Lipinski definition) is 0. The van der Waals surface area contributed by atoms with Gasteiger partial charge in [0.2, 0.25) is 0 Å². The number of rotatable bonds is 2. The second-order valence-corrected chi connectivity index (χ2v) is 3.44. The van der Waals surface area contributed by atoms with Crippen molar-refractivity contribution in [3.8, 4) is 22.6 Å². The topological polar surface area (TPSA) is 35.5 Å². The van der Waals surface area contributed by atoms with Crippen molar-refractivity contribution in [3.05, 3.63) is 36.4 Å². The fraction of sp³-hybridized carbons (Fsp3) is 0.154. The molecule has 0 aromatic carbocycles. The zero-order valence-corrected chi connectivity index (χ0v) is 9.19. The Morgan fingerprint density at radius 1 is 1.19 bits per heavy atom. The number of esters is 1. The molecule has 3 nitrogen and oxygen atoms in total. The molecule has 2 rings (SSSR count). The van der Waals surface area contributed by atoms with Gasteiger partial charge < -0.3 is 9.47 Å². The molecule has 0 saturated carbocycles. The summed E-state index contributed by atoms with van der Waals surface area (Å²) in [5.41, 5.74) is 1.89. The fourth-order valence-electron chi connectivity index (χ4n) is 1.59. The molecule has 0 N–H and O–H groups in total. The Hall–Kier alpha value is -2.03. The molecular weight excluding hydrogens is 204 g/mol. The van der Waals surface area contributed by atoms with Crippen LogP contribution < -0.4 is 9.47 Å². The van der Waals surface area contributed by atoms with Crippen LogP contribution in [0.25, 0.3) is 11.1 Å². The summed E-state index contributed by atoms with van der Waals surface area (Å²) in [6.45, 7) is 1.39. The van der Waals surface area contributed by atoms with E-state index in [0.717, 1.165) is 16.9 Å². The normalized spacial score (nSPS) is 10.1. The van der Waals surface area contributed by atoms with Crippen LogP contribution in [0.1, 0.15) is 6.92 Å². The van der Waals surface area contributed by atoms with Crippen molar-refractivity contribution in [1.82, 2.24) is 0 Å². The smallest absolute Gasteiger partial charge is 0.308 e. The lowest BCUT2D eigenvalue weighted by Crippen LogP contribution is -2.00. The van der Waals surface area contributed by atoms with Crippen molar-refractivity contribution in [2.45, 2.75) is 6.92 Å². The third kappa shape index (κ3) is 1.98. The SMILES string of the molecule is COc1cccc2ccc(OC(C)=O)c-2c1. The fourth-order valence-corrected chi connectivity index (χ4v) is 1.59. The molecule has 0 saturated heterocycles. The van der Waals surface area contributed by atoms with Crippen molar-refractivity contribution in [2.75, 3.05) is 7.11 Å². The highest BCUT2D eigenvalue weighted by Gasteiger charge is 2.11. The Labute approximate surface area is 94.0 Å². The van der Waals surface area contributed by atoms with Gasteiger partial charge in [0.1, 0.15) is 11.5 Å². The molecule has 0 fully saturated rings. The molecule has 16 heavy (non-hydrogen) atoms. The van der Waals surface area contributed by atoms with E-state index in [4.69, 9.17) is 9.47 Å². The van der Waals surface area contributed by atoms with Gasteiger partial charge in [0.15, 0.2) is 0 Å². The van der Waals surface area contributed by atoms with Crippen molar-refractivity contribution in [3.63, 3.8) is 0 Å². The van der Waals surface area contributed by atoms with Gasteiger partial charge in [-0.05, 0) is 23.8 Å². The van der Waals surface area contributed by atoms with Crippen LogP contribution in [0.4, 0.5) is 0 Å². The van der Waals surface area contributed by atoms with Crippen LogP contribution in [0.2, 0.25) is 0 Å². The van der Waals surface area contributed by atoms with E-state index < -0.39 is 0 Å². The van der Waals surface area contributed by atoms with Gasteiger partial charge in [-0.15, -0.1) is 0 Å². The highest BCUT2D eigenvalue weighted by Crippen LogP contribution is 2.35. The molecule has 0 aliphatic heterocycles. The summed E-state index contributed by atoms with van der Waals surface area (Å²) >= 11 is 0. The van der Waals surface area contributed by atoms with E-state index in [2.05, 4.69) is 0 Å². The highest BCUT2D eigenvalue weighted by molar-refractivity contribution is 5.79. The molecule has 0 atom stereocenters. The van der Waals surface area contributed by atoms with Gasteiger partial charge in [-0.25, -0.2) is 0 Å². The standard InChI is InChI=1S/C13H12O3/c1-9(14)16-13-7-6-10-4-3-5-11(15-2)8-12(10)13/h3-8H,1-2H3. The lowest BCUT2D eigenvalue weighted by Gasteiger charge is -2.01. The first kappa shape index (κ1) is 10.5. The first-order chi connectivity index (χ1) is 7.70. The largest absolute Gasteiger partial charge is 0.497 e. The Bertz CT molecular complexity index is 491. The Morgan fingerprint density at radius 2 is 2.00 bits per heavy atom. The quantitative estimate of drug-likeness (QED) is 0.724. The third-order valence-corrected chi connectivity index (χ3v) is 2.30. The second kappa shape index (κ2) is 4.23. The second-order valence-electron chi connectivity index (χ2n) is 3.44. The van der Waals surface area contributed by atoms with Crippen LogP contribution in [-0.4, -0.2) is 13.1 Å². The average Bonchev–Trinajstić information content (AvgIpc) is 2.51. The van der Waals surface area contributed by atoms with Crippen molar-refractivity contribution in [2.24, 2.45) is 0 Å². The first-order valence-corrected chi connectivity index (χ1v) is 4.96. The lowest BCUT2D eigenvalue weighted by atomic mass is 10.2. The van der Waals surface area contributed by atoms with Gasteiger partial charge in [0.25, 0.3) is 0 Å². The van der Waals surface area contributed by atoms with E-state index in [-0.39, 0.29) is 5.97 Å². The Kier molecular flexibility index (Phi) is 2.77. The molecule has 0 heterocycles. The average molecular weight is 216 g/mol. The summed E-state index contributed by atoms with van der Waals surface area (Å²) < 4.78 is 10.3. The maximum Gasteiger partial charge on any atom is 0.308 e. The van der Waals surface area contributed by atoms with E-state index in [1.165, 1.54) is 6.92 Å². The first-order valence-electron chi connectivity index (χ1n) is 4.96. The molecule has 82 valence electrons. The van der Waals surface area contributed by atoms with Gasteiger partial charge >= 0.3 is 5.97 Å². The molecule has 0 spiro atoms. The van der Waals surface area contributed by atoms with Gasteiger partial charge in [-0.2, -0.15) is 0 Å². The Morgan fingerprint density at radius 3 is 2.69 bits per heavy atom. The molecule has 0 bridgehead atoms. The van der Waals surface area contributed by atoms with Crippen LogP contribution in [-0.2, 0) is 4.79 Å². The predicted molar refractivity (Wildman–Crippen MR) is 60.9 cm³/mol. The highest BCUT2D eigenvalue weighted by atomic mass is 16.5. The molecule has 2 aliphatic rings. The maximum atomic E-state index is 10.9. The monoisotopic (exact) mass is 216 g/mol. The zero-order chi connectivity index (χ0) is 11.5. The number of methoxy groups -OCH3 is 1. The van der Waals surface area contributed by atoms with E-state index in [1.807, 2.05) is 30.3 Å². The lowest BCUT2D eigenvalue weighted by molar-refractivity contribution is -0.131. The van der Waals surface area contributed by atoms with Gasteiger partial charge in [0.05, 0.1) is 7.11 Å². The molecule has 0 amide bonds. The van der Waals surface area contributed by atoms with E-state index >= 15 is 0 Å². The number of fused-ring (bicyclic) bond motifs is 1. The van der Waals surface area contributed by atoms with E-state index in [9.17, 15) is 4.79 Å². The van der Waals surface area contributed by atoms with Crippen LogP contribution in [0.5, 0.6) is 11.5 Å². The predicted octanol–water partition coefficient (Wildman–Crippen LogP) is 2.73. The van der Waals surface area contributed by atoms with Crippen molar-refractivity contribution < 1.29 is 14.3 Å². The number of ether oxygens (including phenoxy) is 2. The summed E-state index contributed by atoms with van der Waals surface area (Å²) in [6, 6.07) is 11.3. The maximum absolute atomic E-state index is 10.9. The number of carbonyl (C=O) groups is 1. The molecule has 0 aromatic rings. The molecule has 0 radical (unpaired) electrons. The zero-order valence-electron chi connectivity index (χ0n) is 9.19. The van der Waals surface area contributed by atoms with Gasteiger partial charge in [-0.1, -0.05) is 18.2 Å². The third-order valence-electron chi connectivity index (χ3n) is 2.30. The molecule has 0 unspecified atom stereocenters. The minimum absolute atomic E-state index is 0.321. The Balaban J connectivity index is 2.51. The molecule has 2 aliphatic carbocycles. The van der Waals surface area contributed by atoms with Gasteiger partial charge in [-0.3, -0.25) is 4.79 Å². The summed E-state index contributed by atoms with van der Waals surface area (Å²) in [5, 5.41) is 0. The summed E-state index contributed by atoms with van der Waals surface area (Å²) in [7, 11) is 1.61. The minimum atomic E-state index is -0.321. The van der Waals surface area contributed by atoms with Crippen LogP contribution in [0.15, 0.2) is 36.4 Å². The number of carbonyl (C=O) groups excluding carboxylic acids is 1. The summed E-state index contributed by atoms with van der Waals surface area (Å²) in [6.07, 6.45) is 0. The minimum Gasteiger partial charge on any atom is -0.497 e. The molecule has 0 aromatic heterocycles.